The van der Waals surface area contributed by atoms with E-state index in [0.717, 1.165) is 10.6 Å². The molecular weight excluding hydrogens is 361 g/mol. The van der Waals surface area contributed by atoms with Crippen LogP contribution in [-0.2, 0) is 0 Å². The third-order valence-corrected chi connectivity index (χ3v) is 4.44. The average molecular weight is 391 g/mol. The Hall–Kier alpha value is -3.54. The fraction of sp³-hybridized carbons (Fsp3) is 0. The van der Waals surface area contributed by atoms with E-state index in [1.54, 1.807) is 0 Å². The predicted octanol–water partition coefficient (Wildman–Crippen LogP) is 3.84. The van der Waals surface area contributed by atoms with Crippen LogP contribution < -0.4 is 5.46 Å². The first-order chi connectivity index (χ1) is 19.1. The van der Waals surface area contributed by atoms with Crippen molar-refractivity contribution in [1.82, 2.24) is 4.57 Å². The van der Waals surface area contributed by atoms with Gasteiger partial charge in [0.25, 0.3) is 0 Å². The summed E-state index contributed by atoms with van der Waals surface area (Å²) in [4.78, 5) is 0. The van der Waals surface area contributed by atoms with Crippen LogP contribution in [0, 0.1) is 0 Å². The van der Waals surface area contributed by atoms with E-state index < -0.39 is 84.8 Å². The second-order valence-electron chi connectivity index (χ2n) is 6.13. The number of fused-ring (bicyclic) bond motifs is 3. The Labute approximate surface area is 184 Å². The summed E-state index contributed by atoms with van der Waals surface area (Å²) >= 11 is 0. The number of phenolic OH excluding ortho intramolecular Hbond substituents is 1. The maximum absolute atomic E-state index is 10.1. The van der Waals surface area contributed by atoms with Crippen molar-refractivity contribution in [1.29, 1.82) is 0 Å². The van der Waals surface area contributed by atoms with Crippen LogP contribution in [-0.4, -0.2) is 26.8 Å². The molecule has 0 aliphatic heterocycles. The van der Waals surface area contributed by atoms with Gasteiger partial charge >= 0.3 is 7.12 Å². The quantitative estimate of drug-likeness (QED) is 0.410. The van der Waals surface area contributed by atoms with Crippen molar-refractivity contribution in [3.8, 4) is 22.6 Å². The van der Waals surface area contributed by atoms with Gasteiger partial charge in [-0.25, -0.2) is 0 Å². The van der Waals surface area contributed by atoms with Crippen molar-refractivity contribution in [2.75, 3.05) is 0 Å². The second kappa shape index (κ2) is 6.81. The highest BCUT2D eigenvalue weighted by atomic mass is 16.4. The molecule has 1 heterocycles. The van der Waals surface area contributed by atoms with E-state index in [-0.39, 0.29) is 44.7 Å². The highest BCUT2D eigenvalue weighted by molar-refractivity contribution is 6.59. The van der Waals surface area contributed by atoms with E-state index in [9.17, 15) is 15.2 Å². The largest absolute Gasteiger partial charge is 0.508 e. The Morgan fingerprint density at radius 1 is 0.793 bits per heavy atom. The SMILES string of the molecule is [2H]c1ccc(-c2cc(B(O)O)c(O)c([2H])c2[2H])c([2H])c1-n1c2c([2H])c([2H])c([2H])c([2H])c2c2c([2H])c([2H])c([2H])c([2H])c21. The molecule has 0 unspecified atom stereocenters. The molecule has 5 rings (SSSR count). The molecule has 0 spiro atoms. The predicted molar refractivity (Wildman–Crippen MR) is 118 cm³/mol. The molecule has 0 fully saturated rings. The molecule has 3 N–H and O–H groups in total. The molecular formula is C24H18BNO3. The minimum absolute atomic E-state index is 0.131. The highest BCUT2D eigenvalue weighted by Crippen LogP contribution is 2.33. The summed E-state index contributed by atoms with van der Waals surface area (Å²) in [6, 6.07) is -3.92. The van der Waals surface area contributed by atoms with Crippen LogP contribution in [0.5, 0.6) is 5.75 Å². The molecule has 0 bridgehead atoms. The number of benzene rings is 4. The molecule has 140 valence electrons. The summed E-state index contributed by atoms with van der Waals surface area (Å²) in [5, 5.41) is 29.0. The third kappa shape index (κ3) is 2.88. The van der Waals surface area contributed by atoms with Crippen molar-refractivity contribution in [2.24, 2.45) is 0 Å². The van der Waals surface area contributed by atoms with E-state index in [0.29, 0.717) is 0 Å². The number of hydrogen-bond donors (Lipinski definition) is 3. The Morgan fingerprint density at radius 3 is 2.10 bits per heavy atom. The molecule has 4 nitrogen and oxygen atoms in total. The number of rotatable bonds is 3. The molecule has 5 heteroatoms. The average Bonchev–Trinajstić information content (AvgIpc) is 3.28. The molecule has 0 radical (unpaired) electrons. The fourth-order valence-corrected chi connectivity index (χ4v) is 3.13. The van der Waals surface area contributed by atoms with Gasteiger partial charge in [0.05, 0.1) is 27.5 Å². The zero-order valence-corrected chi connectivity index (χ0v) is 14.6. The van der Waals surface area contributed by atoms with Gasteiger partial charge < -0.3 is 19.7 Å². The first-order valence-corrected chi connectivity index (χ1v) is 8.44. The summed E-state index contributed by atoms with van der Waals surface area (Å²) in [5.74, 6) is -0.855. The van der Waals surface area contributed by atoms with Gasteiger partial charge in [0.15, 0.2) is 0 Å². The number of nitrogens with zero attached hydrogens (tertiary/aromatic N) is 1. The molecule has 29 heavy (non-hydrogen) atoms. The lowest BCUT2D eigenvalue weighted by Crippen LogP contribution is -2.30. The molecule has 0 atom stereocenters. The van der Waals surface area contributed by atoms with E-state index in [1.165, 1.54) is 12.1 Å². The van der Waals surface area contributed by atoms with Gasteiger partial charge in [0, 0.05) is 21.9 Å². The monoisotopic (exact) mass is 391 g/mol. The molecule has 0 aliphatic rings. The smallest absolute Gasteiger partial charge is 0.492 e. The topological polar surface area (TPSA) is 65.6 Å². The molecule has 0 saturated heterocycles. The van der Waals surface area contributed by atoms with Gasteiger partial charge in [-0.05, 0) is 41.3 Å². The number of aromatic nitrogens is 1. The fourth-order valence-electron chi connectivity index (χ4n) is 3.13. The molecule has 0 amide bonds. The lowest BCUT2D eigenvalue weighted by atomic mass is 9.78. The number of para-hydroxylation sites is 2. The first-order valence-electron chi connectivity index (χ1n) is 14.4. The third-order valence-electron chi connectivity index (χ3n) is 4.44. The molecule has 4 aromatic carbocycles. The van der Waals surface area contributed by atoms with Crippen molar-refractivity contribution < 1.29 is 31.6 Å². The Bertz CT molecular complexity index is 1900. The van der Waals surface area contributed by atoms with Gasteiger partial charge in [-0.3, -0.25) is 0 Å². The van der Waals surface area contributed by atoms with Crippen LogP contribution >= 0.6 is 0 Å². The van der Waals surface area contributed by atoms with Crippen LogP contribution in [0.4, 0.5) is 0 Å². The van der Waals surface area contributed by atoms with Gasteiger partial charge in [-0.1, -0.05) is 60.5 Å². The van der Waals surface area contributed by atoms with Gasteiger partial charge in [0.1, 0.15) is 5.75 Å². The molecule has 5 aromatic rings. The Kier molecular flexibility index (Phi) is 2.08. The lowest BCUT2D eigenvalue weighted by molar-refractivity contribution is 0.419. The summed E-state index contributed by atoms with van der Waals surface area (Å²) in [7, 11) is -2.23. The number of aromatic hydroxyl groups is 1. The highest BCUT2D eigenvalue weighted by Gasteiger charge is 2.17. The van der Waals surface area contributed by atoms with Gasteiger partial charge in [0.2, 0.25) is 0 Å². The lowest BCUT2D eigenvalue weighted by Gasteiger charge is -2.11. The Morgan fingerprint density at radius 2 is 1.45 bits per heavy atom. The normalized spacial score (nSPS) is 17.0. The van der Waals surface area contributed by atoms with Gasteiger partial charge in [-0.15, -0.1) is 0 Å². The van der Waals surface area contributed by atoms with E-state index in [2.05, 4.69) is 0 Å². The van der Waals surface area contributed by atoms with E-state index >= 15 is 0 Å². The maximum Gasteiger partial charge on any atom is 0.492 e. The van der Waals surface area contributed by atoms with E-state index in [1.807, 2.05) is 0 Å². The van der Waals surface area contributed by atoms with E-state index in [4.69, 9.17) is 16.4 Å². The zero-order valence-electron chi connectivity index (χ0n) is 26.6. The summed E-state index contributed by atoms with van der Waals surface area (Å²) in [5.41, 5.74) is -1.82. The zero-order chi connectivity index (χ0) is 30.4. The van der Waals surface area contributed by atoms with Crippen molar-refractivity contribution >= 4 is 34.4 Å². The number of phenols is 1. The second-order valence-corrected chi connectivity index (χ2v) is 6.13. The Balaban J connectivity index is 2.05. The van der Waals surface area contributed by atoms with Gasteiger partial charge in [-0.2, -0.15) is 0 Å². The van der Waals surface area contributed by atoms with Crippen LogP contribution in [0.15, 0.2) is 90.7 Å². The van der Waals surface area contributed by atoms with Crippen LogP contribution in [0.1, 0.15) is 16.4 Å². The van der Waals surface area contributed by atoms with Crippen molar-refractivity contribution in [2.45, 2.75) is 0 Å². The van der Waals surface area contributed by atoms with Crippen LogP contribution in [0.2, 0.25) is 0 Å². The maximum atomic E-state index is 10.1. The summed E-state index contributed by atoms with van der Waals surface area (Å²) in [6.07, 6.45) is 0. The minimum Gasteiger partial charge on any atom is -0.508 e. The minimum atomic E-state index is -2.23. The summed E-state index contributed by atoms with van der Waals surface area (Å²) in [6.45, 7) is 0. The molecule has 1 aromatic heterocycles. The van der Waals surface area contributed by atoms with Crippen LogP contribution in [0.3, 0.4) is 0 Å². The first kappa shape index (κ1) is 8.86. The standard InChI is InChI=1S/C24H18BNO3/c27-24-13-12-17(15-21(24)25(28)29)16-6-5-7-18(14-16)26-22-10-3-1-8-19(22)20-9-2-4-11-23(20)26/h1-15,27-29H/i1D,2D,3D,4D,7D,8D,9D,10D,11D,12D,13D,14D. The number of hydrogen-bond acceptors (Lipinski definition) is 3. The van der Waals surface area contributed by atoms with Crippen molar-refractivity contribution in [3.05, 3.63) is 90.7 Å². The molecule has 0 aliphatic carbocycles. The summed E-state index contributed by atoms with van der Waals surface area (Å²) < 4.78 is 102. The van der Waals surface area contributed by atoms with Crippen LogP contribution in [0.25, 0.3) is 38.6 Å². The molecule has 0 saturated carbocycles. The van der Waals surface area contributed by atoms with Crippen molar-refractivity contribution in [3.63, 3.8) is 0 Å².